The first-order chi connectivity index (χ1) is 32.6. The van der Waals surface area contributed by atoms with Gasteiger partial charge >= 0.3 is 0 Å². The Labute approximate surface area is 394 Å². The summed E-state index contributed by atoms with van der Waals surface area (Å²) < 4.78 is 7.80. The van der Waals surface area contributed by atoms with Gasteiger partial charge in [-0.05, 0) is 124 Å². The number of hydrogen-bond acceptors (Lipinski definition) is 4. The maximum absolute atomic E-state index is 6.78. The zero-order valence-corrected chi connectivity index (χ0v) is 37.5. The van der Waals surface area contributed by atoms with Gasteiger partial charge in [0.2, 0.25) is 0 Å². The Morgan fingerprint density at radius 1 is 0.333 bits per heavy atom. The van der Waals surface area contributed by atoms with Gasteiger partial charge in [-0.3, -0.25) is 0 Å². The summed E-state index contributed by atoms with van der Waals surface area (Å²) in [6.45, 7) is 0. The average Bonchev–Trinajstić information content (AvgIpc) is 3.66. The van der Waals surface area contributed by atoms with Gasteiger partial charge in [0.05, 0.1) is 28.2 Å². The summed E-state index contributed by atoms with van der Waals surface area (Å²) in [6, 6.07) is 90.9. The Morgan fingerprint density at radius 2 is 0.773 bits per heavy atom. The molecule has 1 aliphatic carbocycles. The molecule has 4 nitrogen and oxygen atoms in total. The summed E-state index contributed by atoms with van der Waals surface area (Å²) in [4.78, 5) is 7.10. The van der Waals surface area contributed by atoms with E-state index in [-0.39, 0.29) is 0 Å². The number of anilines is 9. The molecule has 1 spiro atoms. The van der Waals surface area contributed by atoms with E-state index in [0.29, 0.717) is 5.75 Å². The lowest BCUT2D eigenvalue weighted by molar-refractivity contribution is 0.483. The van der Waals surface area contributed by atoms with Gasteiger partial charge < -0.3 is 19.4 Å². The van der Waals surface area contributed by atoms with Crippen LogP contribution in [0.15, 0.2) is 259 Å². The second-order valence-corrected chi connectivity index (χ2v) is 17.6. The lowest BCUT2D eigenvalue weighted by Gasteiger charge is -2.45. The number of hydrogen-bond donors (Lipinski definition) is 0. The van der Waals surface area contributed by atoms with Gasteiger partial charge in [-0.2, -0.15) is 0 Å². The van der Waals surface area contributed by atoms with E-state index < -0.39 is 5.41 Å². The molecule has 1 heterocycles. The van der Waals surface area contributed by atoms with E-state index in [1.165, 1.54) is 33.4 Å². The second-order valence-electron chi connectivity index (χ2n) is 16.7. The minimum absolute atomic E-state index is 0.581. The first kappa shape index (κ1) is 39.5. The SMILES string of the molecule is Brc1ccc2c(c1)N(c1ccccc1)c1cc(N(c3ccccc3)c3cc(Oc4ccccc4)cc(N(c4ccccc4)c4ccccc4)c3)ccc1C21c2ccccc2-c2ccccc21. The third-order valence-electron chi connectivity index (χ3n) is 12.9. The predicted molar refractivity (Wildman–Crippen MR) is 276 cm³/mol. The quantitative estimate of drug-likeness (QED) is 0.144. The van der Waals surface area contributed by atoms with Crippen LogP contribution < -0.4 is 19.4 Å². The van der Waals surface area contributed by atoms with Crippen LogP contribution in [-0.4, -0.2) is 0 Å². The van der Waals surface area contributed by atoms with Crippen molar-refractivity contribution in [2.24, 2.45) is 0 Å². The number of benzene rings is 10. The van der Waals surface area contributed by atoms with Crippen molar-refractivity contribution in [2.75, 3.05) is 14.7 Å². The summed E-state index contributed by atoms with van der Waals surface area (Å²) in [5.41, 5.74) is 16.3. The van der Waals surface area contributed by atoms with E-state index in [2.05, 4.69) is 255 Å². The Morgan fingerprint density at radius 3 is 1.32 bits per heavy atom. The normalized spacial score (nSPS) is 12.7. The van der Waals surface area contributed by atoms with E-state index in [1.54, 1.807) is 0 Å². The van der Waals surface area contributed by atoms with Crippen LogP contribution in [0.2, 0.25) is 0 Å². The Bertz CT molecular complexity index is 3280. The zero-order chi connectivity index (χ0) is 44.0. The summed E-state index contributed by atoms with van der Waals surface area (Å²) in [5.74, 6) is 1.48. The van der Waals surface area contributed by atoms with Crippen LogP contribution in [0, 0.1) is 0 Å². The number of nitrogens with zero attached hydrogens (tertiary/aromatic N) is 3. The summed E-state index contributed by atoms with van der Waals surface area (Å²) >= 11 is 3.92. The smallest absolute Gasteiger partial charge is 0.131 e. The molecular formula is C61H42BrN3O. The van der Waals surface area contributed by atoms with E-state index in [9.17, 15) is 0 Å². The van der Waals surface area contributed by atoms with E-state index >= 15 is 0 Å². The summed E-state index contributed by atoms with van der Waals surface area (Å²) in [6.07, 6.45) is 0. The van der Waals surface area contributed by atoms with Crippen LogP contribution in [-0.2, 0) is 5.41 Å². The largest absolute Gasteiger partial charge is 0.457 e. The molecule has 10 aromatic rings. The van der Waals surface area contributed by atoms with E-state index in [4.69, 9.17) is 4.74 Å². The highest BCUT2D eigenvalue weighted by atomic mass is 79.9. The van der Waals surface area contributed by atoms with Gasteiger partial charge in [0, 0.05) is 45.0 Å². The van der Waals surface area contributed by atoms with Crippen molar-refractivity contribution in [2.45, 2.75) is 5.41 Å². The molecule has 0 saturated carbocycles. The van der Waals surface area contributed by atoms with Gasteiger partial charge in [-0.1, -0.05) is 168 Å². The van der Waals surface area contributed by atoms with Crippen LogP contribution in [0.25, 0.3) is 11.1 Å². The number of rotatable bonds is 9. The minimum atomic E-state index is -0.581. The Hall–Kier alpha value is -8.12. The summed E-state index contributed by atoms with van der Waals surface area (Å²) in [7, 11) is 0. The van der Waals surface area contributed by atoms with Crippen LogP contribution in [0.4, 0.5) is 51.2 Å². The van der Waals surface area contributed by atoms with Crippen LogP contribution in [0.5, 0.6) is 11.5 Å². The highest BCUT2D eigenvalue weighted by Crippen LogP contribution is 2.64. The molecule has 0 amide bonds. The Kier molecular flexibility index (Phi) is 9.84. The second kappa shape index (κ2) is 16.5. The van der Waals surface area contributed by atoms with Crippen molar-refractivity contribution in [3.63, 3.8) is 0 Å². The molecule has 66 heavy (non-hydrogen) atoms. The molecule has 0 bridgehead atoms. The lowest BCUT2D eigenvalue weighted by atomic mass is 9.64. The molecule has 10 aromatic carbocycles. The van der Waals surface area contributed by atoms with Crippen molar-refractivity contribution in [1.82, 2.24) is 0 Å². The van der Waals surface area contributed by atoms with Crippen molar-refractivity contribution >= 4 is 67.1 Å². The molecule has 0 unspecified atom stereocenters. The van der Waals surface area contributed by atoms with E-state index in [0.717, 1.165) is 61.4 Å². The first-order valence-electron chi connectivity index (χ1n) is 22.3. The molecular weight excluding hydrogens is 871 g/mol. The molecule has 5 heteroatoms. The van der Waals surface area contributed by atoms with Crippen molar-refractivity contribution in [3.05, 3.63) is 282 Å². The van der Waals surface area contributed by atoms with Crippen LogP contribution >= 0.6 is 15.9 Å². The highest BCUT2D eigenvalue weighted by Gasteiger charge is 2.51. The molecule has 0 fully saturated rings. The highest BCUT2D eigenvalue weighted by molar-refractivity contribution is 9.10. The Balaban J connectivity index is 1.13. The number of ether oxygens (including phenoxy) is 1. The average molecular weight is 913 g/mol. The minimum Gasteiger partial charge on any atom is -0.457 e. The van der Waals surface area contributed by atoms with E-state index in [1.807, 2.05) is 30.3 Å². The standard InChI is InChI=1S/C61H42BrN3O/c62-43-34-36-57-59(38-43)65(47-26-12-4-13-27-47)60-42-48(35-37-58(60)61(57)55-32-18-16-30-53(55)54-31-17-19-33-56(54)61)64(46-24-10-3-11-25-46)50-39-49(40-52(41-50)66-51-28-14-5-15-29-51)63(44-20-6-1-7-21-44)45-22-8-2-9-23-45/h1-42H. The molecule has 0 radical (unpaired) electrons. The van der Waals surface area contributed by atoms with Gasteiger partial charge in [0.15, 0.2) is 0 Å². The number of fused-ring (bicyclic) bond motifs is 9. The van der Waals surface area contributed by atoms with Crippen LogP contribution in [0.1, 0.15) is 22.3 Å². The molecule has 12 rings (SSSR count). The molecule has 2 aliphatic rings. The maximum Gasteiger partial charge on any atom is 0.131 e. The molecule has 0 N–H and O–H groups in total. The molecule has 0 aromatic heterocycles. The lowest BCUT2D eigenvalue weighted by Crippen LogP contribution is -2.36. The number of halogens is 1. The maximum atomic E-state index is 6.78. The fourth-order valence-electron chi connectivity index (χ4n) is 10.2. The van der Waals surface area contributed by atoms with Crippen molar-refractivity contribution < 1.29 is 4.74 Å². The first-order valence-corrected chi connectivity index (χ1v) is 23.1. The zero-order valence-electron chi connectivity index (χ0n) is 35.9. The molecule has 1 aliphatic heterocycles. The van der Waals surface area contributed by atoms with Crippen LogP contribution in [0.3, 0.4) is 0 Å². The molecule has 0 atom stereocenters. The summed E-state index contributed by atoms with van der Waals surface area (Å²) in [5, 5.41) is 0. The van der Waals surface area contributed by atoms with Gasteiger partial charge in [-0.25, -0.2) is 0 Å². The monoisotopic (exact) mass is 911 g/mol. The van der Waals surface area contributed by atoms with Gasteiger partial charge in [0.1, 0.15) is 11.5 Å². The third-order valence-corrected chi connectivity index (χ3v) is 13.4. The molecule has 0 saturated heterocycles. The topological polar surface area (TPSA) is 19.0 Å². The van der Waals surface area contributed by atoms with Crippen molar-refractivity contribution in [3.8, 4) is 22.6 Å². The van der Waals surface area contributed by atoms with Gasteiger partial charge in [0.25, 0.3) is 0 Å². The molecule has 314 valence electrons. The van der Waals surface area contributed by atoms with Crippen molar-refractivity contribution in [1.29, 1.82) is 0 Å². The predicted octanol–water partition coefficient (Wildman–Crippen LogP) is 17.3. The fraction of sp³-hybridized carbons (Fsp3) is 0.0164. The third kappa shape index (κ3) is 6.58. The number of para-hydroxylation sites is 5. The fourth-order valence-corrected chi connectivity index (χ4v) is 10.6. The van der Waals surface area contributed by atoms with Gasteiger partial charge in [-0.15, -0.1) is 0 Å².